The first-order chi connectivity index (χ1) is 9.10. The quantitative estimate of drug-likeness (QED) is 0.900. The summed E-state index contributed by atoms with van der Waals surface area (Å²) in [6, 6.07) is 8.39. The molecule has 0 fully saturated rings. The standard InChI is InChI=1S/C15H20N2OS/c1-10(2)18-13-7-5-6-12(8-13)15-17-14(9-19-15)11(3)16-4/h5-11,16H,1-4H3. The minimum atomic E-state index is 0.186. The highest BCUT2D eigenvalue weighted by molar-refractivity contribution is 7.13. The number of hydrogen-bond acceptors (Lipinski definition) is 4. The zero-order valence-electron chi connectivity index (χ0n) is 11.8. The number of benzene rings is 1. The topological polar surface area (TPSA) is 34.1 Å². The number of nitrogens with zero attached hydrogens (tertiary/aromatic N) is 1. The SMILES string of the molecule is CNC(C)c1csc(-c2cccc(OC(C)C)c2)n1. The summed E-state index contributed by atoms with van der Waals surface area (Å²) in [5.74, 6) is 0.894. The molecular weight excluding hydrogens is 256 g/mol. The Bertz CT molecular complexity index is 536. The van der Waals surface area contributed by atoms with Gasteiger partial charge in [-0.25, -0.2) is 4.98 Å². The van der Waals surface area contributed by atoms with Crippen LogP contribution in [0.4, 0.5) is 0 Å². The highest BCUT2D eigenvalue weighted by Crippen LogP contribution is 2.28. The van der Waals surface area contributed by atoms with Crippen LogP contribution in [0.15, 0.2) is 29.6 Å². The van der Waals surface area contributed by atoms with Crippen molar-refractivity contribution < 1.29 is 4.74 Å². The van der Waals surface area contributed by atoms with Gasteiger partial charge in [-0.15, -0.1) is 11.3 Å². The smallest absolute Gasteiger partial charge is 0.123 e. The van der Waals surface area contributed by atoms with Gasteiger partial charge in [0.25, 0.3) is 0 Å². The Morgan fingerprint density at radius 2 is 2.05 bits per heavy atom. The summed E-state index contributed by atoms with van der Waals surface area (Å²) in [5.41, 5.74) is 2.19. The van der Waals surface area contributed by atoms with Crippen molar-refractivity contribution in [2.24, 2.45) is 0 Å². The lowest BCUT2D eigenvalue weighted by Gasteiger charge is -2.10. The lowest BCUT2D eigenvalue weighted by molar-refractivity contribution is 0.242. The molecule has 0 saturated heterocycles. The summed E-state index contributed by atoms with van der Waals surface area (Å²) in [5, 5.41) is 6.34. The Labute approximate surface area is 118 Å². The van der Waals surface area contributed by atoms with Crippen molar-refractivity contribution in [2.45, 2.75) is 32.9 Å². The van der Waals surface area contributed by atoms with Gasteiger partial charge in [-0.2, -0.15) is 0 Å². The summed E-state index contributed by atoms with van der Waals surface area (Å²) < 4.78 is 5.72. The maximum absolute atomic E-state index is 5.72. The van der Waals surface area contributed by atoms with Gasteiger partial charge in [0.2, 0.25) is 0 Å². The van der Waals surface area contributed by atoms with E-state index in [1.165, 1.54) is 0 Å². The Morgan fingerprint density at radius 3 is 2.74 bits per heavy atom. The van der Waals surface area contributed by atoms with Crippen LogP contribution in [0, 0.1) is 0 Å². The van der Waals surface area contributed by atoms with Crippen LogP contribution in [0.1, 0.15) is 32.5 Å². The zero-order valence-corrected chi connectivity index (χ0v) is 12.6. The van der Waals surface area contributed by atoms with Gasteiger partial charge in [-0.1, -0.05) is 12.1 Å². The molecule has 4 heteroatoms. The molecule has 2 aromatic rings. The van der Waals surface area contributed by atoms with Crippen LogP contribution in [0.25, 0.3) is 10.6 Å². The van der Waals surface area contributed by atoms with E-state index in [0.717, 1.165) is 22.0 Å². The van der Waals surface area contributed by atoms with Crippen LogP contribution < -0.4 is 10.1 Å². The minimum Gasteiger partial charge on any atom is -0.491 e. The van der Waals surface area contributed by atoms with Crippen molar-refractivity contribution in [3.63, 3.8) is 0 Å². The lowest BCUT2D eigenvalue weighted by atomic mass is 10.2. The Kier molecular flexibility index (Phi) is 4.56. The van der Waals surface area contributed by atoms with E-state index >= 15 is 0 Å². The molecular formula is C15H20N2OS. The van der Waals surface area contributed by atoms with E-state index in [2.05, 4.69) is 28.7 Å². The summed E-state index contributed by atoms with van der Waals surface area (Å²) in [6.07, 6.45) is 0.186. The monoisotopic (exact) mass is 276 g/mol. The van der Waals surface area contributed by atoms with E-state index in [1.54, 1.807) is 11.3 Å². The molecule has 19 heavy (non-hydrogen) atoms. The van der Waals surface area contributed by atoms with Gasteiger partial charge < -0.3 is 10.1 Å². The molecule has 0 aliphatic heterocycles. The third-order valence-electron chi connectivity index (χ3n) is 2.85. The first-order valence-corrected chi connectivity index (χ1v) is 7.38. The van der Waals surface area contributed by atoms with E-state index in [0.29, 0.717) is 0 Å². The molecule has 2 rings (SSSR count). The normalized spacial score (nSPS) is 12.7. The molecule has 0 amide bonds. The second kappa shape index (κ2) is 6.17. The molecule has 1 aromatic heterocycles. The number of nitrogens with one attached hydrogen (secondary N) is 1. The average Bonchev–Trinajstić information content (AvgIpc) is 2.87. The van der Waals surface area contributed by atoms with Crippen LogP contribution in [0.5, 0.6) is 5.75 Å². The molecule has 102 valence electrons. The van der Waals surface area contributed by atoms with Crippen LogP contribution >= 0.6 is 11.3 Å². The predicted octanol–water partition coefficient (Wildman–Crippen LogP) is 3.88. The first-order valence-electron chi connectivity index (χ1n) is 6.50. The van der Waals surface area contributed by atoms with Crippen molar-refractivity contribution in [3.05, 3.63) is 35.3 Å². The fourth-order valence-corrected chi connectivity index (χ4v) is 2.65. The summed E-state index contributed by atoms with van der Waals surface area (Å²) in [4.78, 5) is 4.67. The lowest BCUT2D eigenvalue weighted by Crippen LogP contribution is -2.12. The Balaban J connectivity index is 2.24. The molecule has 1 N–H and O–H groups in total. The van der Waals surface area contributed by atoms with E-state index in [1.807, 2.05) is 39.1 Å². The van der Waals surface area contributed by atoms with Gasteiger partial charge in [-0.05, 0) is 40.0 Å². The van der Waals surface area contributed by atoms with E-state index in [-0.39, 0.29) is 12.1 Å². The fourth-order valence-electron chi connectivity index (χ4n) is 1.74. The van der Waals surface area contributed by atoms with Crippen LogP contribution in [-0.4, -0.2) is 18.1 Å². The van der Waals surface area contributed by atoms with Gasteiger partial charge in [0.15, 0.2) is 0 Å². The van der Waals surface area contributed by atoms with Gasteiger partial charge in [0.05, 0.1) is 11.8 Å². The highest BCUT2D eigenvalue weighted by Gasteiger charge is 2.10. The van der Waals surface area contributed by atoms with Crippen LogP contribution in [0.2, 0.25) is 0 Å². The molecule has 1 unspecified atom stereocenters. The summed E-state index contributed by atoms with van der Waals surface area (Å²) in [7, 11) is 1.95. The van der Waals surface area contributed by atoms with Crippen molar-refractivity contribution in [1.82, 2.24) is 10.3 Å². The Morgan fingerprint density at radius 1 is 1.26 bits per heavy atom. The second-order valence-corrected chi connectivity index (χ2v) is 5.64. The second-order valence-electron chi connectivity index (χ2n) is 4.78. The molecule has 0 aliphatic rings. The zero-order chi connectivity index (χ0) is 13.8. The highest BCUT2D eigenvalue weighted by atomic mass is 32.1. The largest absolute Gasteiger partial charge is 0.491 e. The van der Waals surface area contributed by atoms with Crippen LogP contribution in [-0.2, 0) is 0 Å². The maximum atomic E-state index is 5.72. The van der Waals surface area contributed by atoms with E-state index < -0.39 is 0 Å². The molecule has 1 heterocycles. The van der Waals surface area contributed by atoms with Gasteiger partial charge in [-0.3, -0.25) is 0 Å². The summed E-state index contributed by atoms with van der Waals surface area (Å²) >= 11 is 1.67. The van der Waals surface area contributed by atoms with Gasteiger partial charge in [0, 0.05) is 17.0 Å². The molecule has 0 aliphatic carbocycles. The van der Waals surface area contributed by atoms with Gasteiger partial charge in [0.1, 0.15) is 10.8 Å². The third-order valence-corrected chi connectivity index (χ3v) is 3.76. The average molecular weight is 276 g/mol. The number of hydrogen-bond donors (Lipinski definition) is 1. The van der Waals surface area contributed by atoms with E-state index in [9.17, 15) is 0 Å². The molecule has 0 radical (unpaired) electrons. The molecule has 0 bridgehead atoms. The number of ether oxygens (including phenoxy) is 1. The first kappa shape index (κ1) is 14.0. The molecule has 0 saturated carbocycles. The molecule has 0 spiro atoms. The molecule has 1 aromatic carbocycles. The van der Waals surface area contributed by atoms with E-state index in [4.69, 9.17) is 4.74 Å². The maximum Gasteiger partial charge on any atom is 0.123 e. The third kappa shape index (κ3) is 3.55. The fraction of sp³-hybridized carbons (Fsp3) is 0.400. The Hall–Kier alpha value is -1.39. The minimum absolute atomic E-state index is 0.186. The molecule has 1 atom stereocenters. The van der Waals surface area contributed by atoms with Crippen molar-refractivity contribution in [3.8, 4) is 16.3 Å². The number of aromatic nitrogens is 1. The van der Waals surface area contributed by atoms with Gasteiger partial charge >= 0.3 is 0 Å². The summed E-state index contributed by atoms with van der Waals surface area (Å²) in [6.45, 7) is 6.17. The van der Waals surface area contributed by atoms with Crippen molar-refractivity contribution in [1.29, 1.82) is 0 Å². The number of thiazole rings is 1. The van der Waals surface area contributed by atoms with Crippen LogP contribution in [0.3, 0.4) is 0 Å². The predicted molar refractivity (Wildman–Crippen MR) is 80.8 cm³/mol. The van der Waals surface area contributed by atoms with Crippen molar-refractivity contribution >= 4 is 11.3 Å². The van der Waals surface area contributed by atoms with Crippen molar-refractivity contribution in [2.75, 3.05) is 7.05 Å². The molecule has 3 nitrogen and oxygen atoms in total. The number of rotatable bonds is 5.